The number of hydrogen-bond acceptors (Lipinski definition) is 3. The third kappa shape index (κ3) is 8.48. The highest BCUT2D eigenvalue weighted by Crippen LogP contribution is 2.47. The van der Waals surface area contributed by atoms with Crippen molar-refractivity contribution in [1.29, 1.82) is 0 Å². The second-order valence-corrected chi connectivity index (χ2v) is 20.3. The van der Waals surface area contributed by atoms with Crippen LogP contribution in [0.15, 0.2) is 140 Å². The van der Waals surface area contributed by atoms with Gasteiger partial charge in [0.1, 0.15) is 11.6 Å². The van der Waals surface area contributed by atoms with Crippen LogP contribution >= 0.6 is 0 Å². The number of phenolic OH excluding ortho intramolecular Hbond substituents is 1. The summed E-state index contributed by atoms with van der Waals surface area (Å²) in [5.74, 6) is 1.68. The quantitative estimate of drug-likeness (QED) is 0.158. The van der Waals surface area contributed by atoms with Crippen molar-refractivity contribution in [2.45, 2.75) is 112 Å². The molecule has 8 aromatic rings. The number of para-hydroxylation sites is 1. The summed E-state index contributed by atoms with van der Waals surface area (Å²) >= 11 is 0. The molecule has 6 aromatic carbocycles. The van der Waals surface area contributed by atoms with Gasteiger partial charge in [-0.15, -0.1) is 0 Å². The highest BCUT2D eigenvalue weighted by Gasteiger charge is 2.30. The zero-order chi connectivity index (χ0) is 45.0. The molecule has 0 bridgehead atoms. The Bertz CT molecular complexity index is 2910. The summed E-state index contributed by atoms with van der Waals surface area (Å²) in [7, 11) is 0. The third-order valence-electron chi connectivity index (χ3n) is 12.5. The van der Waals surface area contributed by atoms with Crippen molar-refractivity contribution in [3.8, 4) is 67.5 Å². The van der Waals surface area contributed by atoms with E-state index in [2.05, 4.69) is 221 Å². The molecule has 0 amide bonds. The van der Waals surface area contributed by atoms with E-state index in [-0.39, 0.29) is 34.3 Å². The summed E-state index contributed by atoms with van der Waals surface area (Å²) in [6.07, 6.45) is 1.92. The molecule has 320 valence electrons. The summed E-state index contributed by atoms with van der Waals surface area (Å²) in [5.41, 5.74) is 17.9. The van der Waals surface area contributed by atoms with Crippen LogP contribution in [-0.2, 0) is 10.8 Å². The van der Waals surface area contributed by atoms with Crippen molar-refractivity contribution >= 4 is 11.0 Å². The molecule has 1 N–H and O–H groups in total. The highest BCUT2D eigenvalue weighted by atomic mass is 16.3. The second kappa shape index (κ2) is 16.8. The van der Waals surface area contributed by atoms with Gasteiger partial charge in [-0.1, -0.05) is 168 Å². The van der Waals surface area contributed by atoms with Gasteiger partial charge >= 0.3 is 0 Å². The van der Waals surface area contributed by atoms with Crippen LogP contribution < -0.4 is 0 Å². The number of aromatic nitrogens is 3. The van der Waals surface area contributed by atoms with E-state index >= 15 is 0 Å². The SMILES string of the molecule is CC(C)c1cc(-c2cc(-c3ccccc3)ccn2)cc(-c2cccc3c2nc(-c2cc(C(C)(C)C)cc(C(C)(C)C)c2O)n3-c2c(C(C)C)cc(-c3ccccc3)cc2C(C)C)c1. The average molecular weight is 830 g/mol. The number of aromatic hydroxyl groups is 1. The number of pyridine rings is 1. The molecule has 0 aliphatic carbocycles. The van der Waals surface area contributed by atoms with Gasteiger partial charge in [-0.25, -0.2) is 4.98 Å². The first-order valence-corrected chi connectivity index (χ1v) is 22.7. The van der Waals surface area contributed by atoms with Crippen LogP contribution in [0.4, 0.5) is 0 Å². The fourth-order valence-electron chi connectivity index (χ4n) is 8.85. The first kappa shape index (κ1) is 43.4. The van der Waals surface area contributed by atoms with Gasteiger partial charge in [-0.3, -0.25) is 9.55 Å². The minimum Gasteiger partial charge on any atom is -0.507 e. The fraction of sp³-hybridized carbons (Fsp3) is 0.288. The third-order valence-corrected chi connectivity index (χ3v) is 12.5. The largest absolute Gasteiger partial charge is 0.507 e. The summed E-state index contributed by atoms with van der Waals surface area (Å²) in [5, 5.41) is 12.6. The van der Waals surface area contributed by atoms with E-state index in [9.17, 15) is 5.11 Å². The highest BCUT2D eigenvalue weighted by molar-refractivity contribution is 5.97. The molecule has 0 aliphatic rings. The minimum atomic E-state index is -0.314. The molecule has 0 saturated carbocycles. The van der Waals surface area contributed by atoms with Gasteiger partial charge in [0.05, 0.1) is 28.0 Å². The van der Waals surface area contributed by atoms with Gasteiger partial charge in [0.25, 0.3) is 0 Å². The molecular formula is C59H63N3O. The summed E-state index contributed by atoms with van der Waals surface area (Å²) in [4.78, 5) is 10.7. The van der Waals surface area contributed by atoms with Crippen LogP contribution in [0.25, 0.3) is 72.7 Å². The first-order chi connectivity index (χ1) is 29.9. The standard InChI is InChI=1S/C59H63N3O/c1-36(2)42-28-44(30-45(29-42)52-33-41(26-27-60-52)39-20-15-13-16-21-39)47-24-19-25-53-54(47)61-57(50-34-46(58(7,8)9)35-51(56(50)63)59(10,11)12)62(53)55-48(37(3)4)31-43(32-49(55)38(5)6)40-22-17-14-18-23-40/h13-38,63H,1-12H3. The molecule has 2 heterocycles. The lowest BCUT2D eigenvalue weighted by Gasteiger charge is -2.28. The van der Waals surface area contributed by atoms with Crippen molar-refractivity contribution in [2.24, 2.45) is 0 Å². The van der Waals surface area contributed by atoms with Crippen LogP contribution in [0.3, 0.4) is 0 Å². The Morgan fingerprint density at radius 3 is 1.68 bits per heavy atom. The molecular weight excluding hydrogens is 767 g/mol. The maximum Gasteiger partial charge on any atom is 0.149 e. The summed E-state index contributed by atoms with van der Waals surface area (Å²) in [6.45, 7) is 26.9. The average Bonchev–Trinajstić information content (AvgIpc) is 3.64. The van der Waals surface area contributed by atoms with Crippen molar-refractivity contribution in [2.75, 3.05) is 0 Å². The Labute approximate surface area is 375 Å². The number of benzene rings is 6. The van der Waals surface area contributed by atoms with Crippen molar-refractivity contribution in [3.05, 3.63) is 167 Å². The molecule has 0 aliphatic heterocycles. The molecule has 0 saturated heterocycles. The van der Waals surface area contributed by atoms with Gasteiger partial charge in [0.2, 0.25) is 0 Å². The van der Waals surface area contributed by atoms with Crippen LogP contribution in [-0.4, -0.2) is 19.6 Å². The summed E-state index contributed by atoms with van der Waals surface area (Å²) < 4.78 is 2.38. The lowest BCUT2D eigenvalue weighted by molar-refractivity contribution is 0.446. The van der Waals surface area contributed by atoms with E-state index in [1.807, 2.05) is 6.20 Å². The van der Waals surface area contributed by atoms with E-state index in [0.717, 1.165) is 72.7 Å². The normalized spacial score (nSPS) is 12.3. The van der Waals surface area contributed by atoms with E-state index in [1.54, 1.807) is 0 Å². The maximum atomic E-state index is 12.6. The van der Waals surface area contributed by atoms with Crippen LogP contribution in [0.5, 0.6) is 5.75 Å². The number of nitrogens with zero attached hydrogens (tertiary/aromatic N) is 3. The van der Waals surface area contributed by atoms with E-state index in [0.29, 0.717) is 0 Å². The first-order valence-electron chi connectivity index (χ1n) is 22.7. The molecule has 8 rings (SSSR count). The molecule has 4 nitrogen and oxygen atoms in total. The molecule has 2 aromatic heterocycles. The predicted molar refractivity (Wildman–Crippen MR) is 267 cm³/mol. The van der Waals surface area contributed by atoms with Crippen LogP contribution in [0, 0.1) is 0 Å². The molecule has 0 radical (unpaired) electrons. The number of imidazole rings is 1. The fourth-order valence-corrected chi connectivity index (χ4v) is 8.85. The zero-order valence-electron chi connectivity index (χ0n) is 39.3. The molecule has 4 heteroatoms. The Balaban J connectivity index is 1.48. The van der Waals surface area contributed by atoms with Gasteiger partial charge in [-0.05, 0) is 127 Å². The molecule has 0 unspecified atom stereocenters. The Hall–Kier alpha value is -6.26. The molecule has 0 fully saturated rings. The van der Waals surface area contributed by atoms with Gasteiger partial charge in [0.15, 0.2) is 0 Å². The van der Waals surface area contributed by atoms with Gasteiger partial charge < -0.3 is 5.11 Å². The zero-order valence-corrected chi connectivity index (χ0v) is 39.3. The van der Waals surface area contributed by atoms with Crippen LogP contribution in [0.2, 0.25) is 0 Å². The maximum absolute atomic E-state index is 12.6. The second-order valence-electron chi connectivity index (χ2n) is 20.3. The number of phenols is 1. The molecule has 0 spiro atoms. The van der Waals surface area contributed by atoms with Crippen molar-refractivity contribution in [1.82, 2.24) is 14.5 Å². The minimum absolute atomic E-state index is 0.173. The Morgan fingerprint density at radius 1 is 0.508 bits per heavy atom. The van der Waals surface area contributed by atoms with E-state index in [4.69, 9.17) is 9.97 Å². The number of rotatable bonds is 9. The predicted octanol–water partition coefficient (Wildman–Crippen LogP) is 16.4. The summed E-state index contributed by atoms with van der Waals surface area (Å²) in [6, 6.07) is 48.1. The van der Waals surface area contributed by atoms with E-state index in [1.165, 1.54) is 27.8 Å². The van der Waals surface area contributed by atoms with Crippen molar-refractivity contribution in [3.63, 3.8) is 0 Å². The number of hydrogen-bond donors (Lipinski definition) is 1. The lowest BCUT2D eigenvalue weighted by atomic mass is 9.78. The number of fused-ring (bicyclic) bond motifs is 1. The topological polar surface area (TPSA) is 50.9 Å². The monoisotopic (exact) mass is 829 g/mol. The Kier molecular flexibility index (Phi) is 11.6. The van der Waals surface area contributed by atoms with Crippen LogP contribution in [0.1, 0.15) is 129 Å². The molecule has 0 atom stereocenters. The van der Waals surface area contributed by atoms with Gasteiger partial charge in [-0.2, -0.15) is 0 Å². The smallest absolute Gasteiger partial charge is 0.149 e. The Morgan fingerprint density at radius 2 is 1.11 bits per heavy atom. The van der Waals surface area contributed by atoms with Crippen molar-refractivity contribution < 1.29 is 5.11 Å². The molecule has 63 heavy (non-hydrogen) atoms. The van der Waals surface area contributed by atoms with E-state index < -0.39 is 0 Å². The van der Waals surface area contributed by atoms with Gasteiger partial charge in [0, 0.05) is 22.9 Å². The lowest BCUT2D eigenvalue weighted by Crippen LogP contribution is -2.17.